The maximum atomic E-state index is 11.9. The Morgan fingerprint density at radius 2 is 2.17 bits per heavy atom. The number of benzene rings is 1. The number of aliphatic carboxylic acids is 1. The van der Waals surface area contributed by atoms with Gasteiger partial charge in [-0.25, -0.2) is 4.79 Å². The van der Waals surface area contributed by atoms with Crippen molar-refractivity contribution >= 4 is 11.9 Å². The fourth-order valence-corrected chi connectivity index (χ4v) is 1.80. The number of hydrogen-bond donors (Lipinski definition) is 2. The van der Waals surface area contributed by atoms with Crippen molar-refractivity contribution in [3.63, 3.8) is 0 Å². The summed E-state index contributed by atoms with van der Waals surface area (Å²) in [6, 6.07) is 5.85. The highest BCUT2D eigenvalue weighted by Gasteiger charge is 2.37. The third kappa shape index (κ3) is 2.80. The maximum Gasteiger partial charge on any atom is 0.326 e. The number of hydrogen-bond acceptors (Lipinski definition) is 3. The molecule has 2 N–H and O–H groups in total. The summed E-state index contributed by atoms with van der Waals surface area (Å²) >= 11 is 0. The molecule has 1 aromatic carbocycles. The molecule has 0 aromatic heterocycles. The van der Waals surface area contributed by atoms with Gasteiger partial charge in [0, 0.05) is 5.56 Å². The van der Waals surface area contributed by atoms with E-state index < -0.39 is 12.0 Å². The molecule has 5 heteroatoms. The summed E-state index contributed by atoms with van der Waals surface area (Å²) in [5.41, 5.74) is 0.404. The Kier molecular flexibility index (Phi) is 3.50. The molecule has 1 aliphatic carbocycles. The standard InChI is InChI=1S/C13H15NO4/c1-18-10-4-2-3-9(7-10)12(15)14-11(13(16)17)8-5-6-8/h2-4,7-8,11H,5-6H2,1H3,(H,14,15)(H,16,17). The van der Waals surface area contributed by atoms with E-state index in [1.165, 1.54) is 7.11 Å². The minimum atomic E-state index is -0.978. The number of carbonyl (C=O) groups excluding carboxylic acids is 1. The van der Waals surface area contributed by atoms with Gasteiger partial charge in [-0.2, -0.15) is 0 Å². The highest BCUT2D eigenvalue weighted by molar-refractivity contribution is 5.97. The van der Waals surface area contributed by atoms with Crippen LogP contribution in [0, 0.1) is 5.92 Å². The van der Waals surface area contributed by atoms with Crippen molar-refractivity contribution in [3.8, 4) is 5.75 Å². The van der Waals surface area contributed by atoms with E-state index in [4.69, 9.17) is 9.84 Å². The molecule has 1 saturated carbocycles. The van der Waals surface area contributed by atoms with Gasteiger partial charge in [-0.15, -0.1) is 0 Å². The summed E-state index contributed by atoms with van der Waals surface area (Å²) in [4.78, 5) is 23.0. The van der Waals surface area contributed by atoms with Gasteiger partial charge < -0.3 is 15.2 Å². The average Bonchev–Trinajstić information content (AvgIpc) is 3.19. The summed E-state index contributed by atoms with van der Waals surface area (Å²) in [5, 5.41) is 11.6. The fourth-order valence-electron chi connectivity index (χ4n) is 1.80. The van der Waals surface area contributed by atoms with Gasteiger partial charge in [0.05, 0.1) is 7.11 Å². The summed E-state index contributed by atoms with van der Waals surface area (Å²) in [7, 11) is 1.52. The minimum Gasteiger partial charge on any atom is -0.497 e. The lowest BCUT2D eigenvalue weighted by atomic mass is 10.1. The number of rotatable bonds is 5. The first-order valence-corrected chi connectivity index (χ1v) is 5.79. The number of carboxylic acid groups (broad SMARTS) is 1. The molecule has 1 unspecified atom stereocenters. The number of amides is 1. The third-order valence-electron chi connectivity index (χ3n) is 2.98. The largest absolute Gasteiger partial charge is 0.497 e. The molecule has 0 radical (unpaired) electrons. The number of carbonyl (C=O) groups is 2. The summed E-state index contributed by atoms with van der Waals surface area (Å²) in [5.74, 6) is -0.722. The van der Waals surface area contributed by atoms with E-state index in [2.05, 4.69) is 5.32 Å². The summed E-state index contributed by atoms with van der Waals surface area (Å²) < 4.78 is 5.02. The van der Waals surface area contributed by atoms with Gasteiger partial charge in [0.25, 0.3) is 5.91 Å². The van der Waals surface area contributed by atoms with Gasteiger partial charge >= 0.3 is 5.97 Å². The molecule has 0 aliphatic heterocycles. The Morgan fingerprint density at radius 1 is 1.44 bits per heavy atom. The zero-order valence-corrected chi connectivity index (χ0v) is 10.1. The first kappa shape index (κ1) is 12.4. The van der Waals surface area contributed by atoms with E-state index in [-0.39, 0.29) is 11.8 Å². The SMILES string of the molecule is COc1cccc(C(=O)NC(C(=O)O)C2CC2)c1. The van der Waals surface area contributed by atoms with Gasteiger partial charge in [0.1, 0.15) is 11.8 Å². The van der Waals surface area contributed by atoms with Crippen LogP contribution in [0.15, 0.2) is 24.3 Å². The summed E-state index contributed by atoms with van der Waals surface area (Å²) in [6.07, 6.45) is 1.71. The van der Waals surface area contributed by atoms with Crippen LogP contribution in [0.5, 0.6) is 5.75 Å². The molecule has 1 atom stereocenters. The second kappa shape index (κ2) is 5.08. The van der Waals surface area contributed by atoms with Crippen LogP contribution in [0.25, 0.3) is 0 Å². The van der Waals surface area contributed by atoms with Crippen molar-refractivity contribution in [1.29, 1.82) is 0 Å². The Hall–Kier alpha value is -2.04. The molecule has 1 aromatic rings. The lowest BCUT2D eigenvalue weighted by molar-refractivity contribution is -0.139. The molecule has 1 fully saturated rings. The molecular weight excluding hydrogens is 234 g/mol. The first-order valence-electron chi connectivity index (χ1n) is 5.79. The molecule has 0 bridgehead atoms. The van der Waals surface area contributed by atoms with E-state index >= 15 is 0 Å². The minimum absolute atomic E-state index is 0.0667. The van der Waals surface area contributed by atoms with Crippen LogP contribution in [0.4, 0.5) is 0 Å². The topological polar surface area (TPSA) is 75.6 Å². The Labute approximate surface area is 105 Å². The normalized spacial score (nSPS) is 15.8. The predicted octanol–water partition coefficient (Wildman–Crippen LogP) is 1.29. The monoisotopic (exact) mass is 249 g/mol. The average molecular weight is 249 g/mol. The van der Waals surface area contributed by atoms with Gasteiger partial charge in [-0.3, -0.25) is 4.79 Å². The fraction of sp³-hybridized carbons (Fsp3) is 0.385. The van der Waals surface area contributed by atoms with Crippen LogP contribution >= 0.6 is 0 Å². The van der Waals surface area contributed by atoms with E-state index in [0.717, 1.165) is 12.8 Å². The summed E-state index contributed by atoms with van der Waals surface area (Å²) in [6.45, 7) is 0. The highest BCUT2D eigenvalue weighted by Crippen LogP contribution is 2.32. The lowest BCUT2D eigenvalue weighted by Crippen LogP contribution is -2.42. The molecule has 1 amide bonds. The van der Waals surface area contributed by atoms with Crippen molar-refractivity contribution in [1.82, 2.24) is 5.32 Å². The molecule has 0 saturated heterocycles. The molecule has 1 aliphatic rings. The number of methoxy groups -OCH3 is 1. The molecule has 0 heterocycles. The van der Waals surface area contributed by atoms with E-state index in [1.807, 2.05) is 0 Å². The van der Waals surface area contributed by atoms with E-state index in [1.54, 1.807) is 24.3 Å². The molecule has 0 spiro atoms. The van der Waals surface area contributed by atoms with Crippen molar-refractivity contribution < 1.29 is 19.4 Å². The second-order valence-electron chi connectivity index (χ2n) is 4.36. The zero-order chi connectivity index (χ0) is 13.1. The van der Waals surface area contributed by atoms with Gasteiger partial charge in [0.2, 0.25) is 0 Å². The quantitative estimate of drug-likeness (QED) is 0.824. The molecular formula is C13H15NO4. The predicted molar refractivity (Wildman–Crippen MR) is 64.6 cm³/mol. The van der Waals surface area contributed by atoms with Crippen LogP contribution in [0.2, 0.25) is 0 Å². The second-order valence-corrected chi connectivity index (χ2v) is 4.36. The van der Waals surface area contributed by atoms with Gasteiger partial charge in [-0.05, 0) is 37.0 Å². The zero-order valence-electron chi connectivity index (χ0n) is 10.1. The van der Waals surface area contributed by atoms with Crippen molar-refractivity contribution in [2.45, 2.75) is 18.9 Å². The number of nitrogens with one attached hydrogen (secondary N) is 1. The Morgan fingerprint density at radius 3 is 2.72 bits per heavy atom. The van der Waals surface area contributed by atoms with Crippen LogP contribution in [0.1, 0.15) is 23.2 Å². The number of carboxylic acids is 1. The maximum absolute atomic E-state index is 11.9. The van der Waals surface area contributed by atoms with Crippen molar-refractivity contribution in [2.24, 2.45) is 5.92 Å². The van der Waals surface area contributed by atoms with Gasteiger partial charge in [0.15, 0.2) is 0 Å². The molecule has 18 heavy (non-hydrogen) atoms. The lowest BCUT2D eigenvalue weighted by Gasteiger charge is -2.13. The molecule has 2 rings (SSSR count). The molecule has 5 nitrogen and oxygen atoms in total. The third-order valence-corrected chi connectivity index (χ3v) is 2.98. The Balaban J connectivity index is 2.08. The van der Waals surface area contributed by atoms with E-state index in [0.29, 0.717) is 11.3 Å². The van der Waals surface area contributed by atoms with Crippen molar-refractivity contribution in [2.75, 3.05) is 7.11 Å². The highest BCUT2D eigenvalue weighted by atomic mass is 16.5. The number of ether oxygens (including phenoxy) is 1. The van der Waals surface area contributed by atoms with Crippen LogP contribution < -0.4 is 10.1 Å². The first-order chi connectivity index (χ1) is 8.61. The van der Waals surface area contributed by atoms with Crippen LogP contribution in [-0.2, 0) is 4.79 Å². The Bertz CT molecular complexity index is 468. The van der Waals surface area contributed by atoms with Crippen LogP contribution in [-0.4, -0.2) is 30.1 Å². The van der Waals surface area contributed by atoms with Gasteiger partial charge in [-0.1, -0.05) is 6.07 Å². The molecule has 96 valence electrons. The smallest absolute Gasteiger partial charge is 0.326 e. The van der Waals surface area contributed by atoms with Crippen molar-refractivity contribution in [3.05, 3.63) is 29.8 Å². The van der Waals surface area contributed by atoms with Crippen LogP contribution in [0.3, 0.4) is 0 Å². The van der Waals surface area contributed by atoms with E-state index in [9.17, 15) is 9.59 Å².